The molecule has 1 saturated heterocycles. The Kier molecular flexibility index (Phi) is 5.35. The quantitative estimate of drug-likeness (QED) is 0.780. The van der Waals surface area contributed by atoms with Gasteiger partial charge in [-0.05, 0) is 30.8 Å². The summed E-state index contributed by atoms with van der Waals surface area (Å²) in [5, 5.41) is 7.91. The molecule has 0 aliphatic carbocycles. The van der Waals surface area contributed by atoms with E-state index in [0.717, 1.165) is 25.9 Å². The number of amides is 2. The Balaban J connectivity index is 1.73. The van der Waals surface area contributed by atoms with Crippen LogP contribution in [0.3, 0.4) is 0 Å². The fraction of sp³-hybridized carbons (Fsp3) is 0.538. The van der Waals surface area contributed by atoms with Crippen molar-refractivity contribution in [2.45, 2.75) is 12.8 Å². The first-order valence-corrected chi connectivity index (χ1v) is 7.45. The summed E-state index contributed by atoms with van der Waals surface area (Å²) in [6, 6.07) is 4.01. The molecular formula is C13H19N3O2S. The van der Waals surface area contributed by atoms with Crippen LogP contribution in [0.25, 0.3) is 0 Å². The standard InChI is InChI=1S/C13H19N3O2S/c17-12(15-6-4-11-3-1-10-19-11)13(18)16-8-2-5-14-7-9-16/h1,3,10,14H,2,4-9H2,(H,15,17). The van der Waals surface area contributed by atoms with Crippen LogP contribution in [0.1, 0.15) is 11.3 Å². The van der Waals surface area contributed by atoms with Gasteiger partial charge in [-0.25, -0.2) is 0 Å². The highest BCUT2D eigenvalue weighted by molar-refractivity contribution is 7.09. The first kappa shape index (κ1) is 14.0. The van der Waals surface area contributed by atoms with Crippen LogP contribution in [0.15, 0.2) is 17.5 Å². The minimum absolute atomic E-state index is 0.408. The van der Waals surface area contributed by atoms with Crippen molar-refractivity contribution in [3.8, 4) is 0 Å². The molecule has 5 nitrogen and oxygen atoms in total. The van der Waals surface area contributed by atoms with E-state index >= 15 is 0 Å². The maximum absolute atomic E-state index is 11.9. The van der Waals surface area contributed by atoms with E-state index in [4.69, 9.17) is 0 Å². The van der Waals surface area contributed by atoms with Crippen LogP contribution < -0.4 is 10.6 Å². The zero-order valence-corrected chi connectivity index (χ0v) is 11.7. The van der Waals surface area contributed by atoms with Gasteiger partial charge in [0.05, 0.1) is 0 Å². The third kappa shape index (κ3) is 4.33. The summed E-state index contributed by atoms with van der Waals surface area (Å²) >= 11 is 1.66. The summed E-state index contributed by atoms with van der Waals surface area (Å²) in [6.07, 6.45) is 1.67. The largest absolute Gasteiger partial charge is 0.347 e. The molecule has 1 aliphatic heterocycles. The van der Waals surface area contributed by atoms with Crippen LogP contribution in [-0.2, 0) is 16.0 Å². The zero-order chi connectivity index (χ0) is 13.5. The molecular weight excluding hydrogens is 262 g/mol. The fourth-order valence-electron chi connectivity index (χ4n) is 2.02. The molecule has 1 fully saturated rings. The van der Waals surface area contributed by atoms with Crippen LogP contribution in [-0.4, -0.2) is 49.4 Å². The molecule has 0 unspecified atom stereocenters. The lowest BCUT2D eigenvalue weighted by Crippen LogP contribution is -2.44. The summed E-state index contributed by atoms with van der Waals surface area (Å²) in [5.41, 5.74) is 0. The van der Waals surface area contributed by atoms with Gasteiger partial charge in [0, 0.05) is 31.1 Å². The monoisotopic (exact) mass is 281 g/mol. The Morgan fingerprint density at radius 1 is 1.37 bits per heavy atom. The number of carbonyl (C=O) groups excluding carboxylic acids is 2. The van der Waals surface area contributed by atoms with E-state index in [1.165, 1.54) is 4.88 Å². The van der Waals surface area contributed by atoms with Crippen LogP contribution in [0.5, 0.6) is 0 Å². The molecule has 0 saturated carbocycles. The normalized spacial score (nSPS) is 15.9. The molecule has 104 valence electrons. The van der Waals surface area contributed by atoms with Crippen LogP contribution in [0.4, 0.5) is 0 Å². The van der Waals surface area contributed by atoms with Crippen molar-refractivity contribution in [2.24, 2.45) is 0 Å². The predicted molar refractivity (Wildman–Crippen MR) is 75.1 cm³/mol. The predicted octanol–water partition coefficient (Wildman–Crippen LogP) is 0.229. The summed E-state index contributed by atoms with van der Waals surface area (Å²) in [6.45, 7) is 3.44. The maximum Gasteiger partial charge on any atom is 0.311 e. The number of hydrogen-bond acceptors (Lipinski definition) is 4. The average Bonchev–Trinajstić information content (AvgIpc) is 2.78. The minimum Gasteiger partial charge on any atom is -0.347 e. The van der Waals surface area contributed by atoms with Crippen molar-refractivity contribution in [3.63, 3.8) is 0 Å². The summed E-state index contributed by atoms with van der Waals surface area (Å²) in [5.74, 6) is -0.895. The third-order valence-electron chi connectivity index (χ3n) is 3.06. The summed E-state index contributed by atoms with van der Waals surface area (Å²) in [4.78, 5) is 26.5. The molecule has 0 radical (unpaired) electrons. The van der Waals surface area contributed by atoms with E-state index in [1.807, 2.05) is 17.5 Å². The Morgan fingerprint density at radius 3 is 3.05 bits per heavy atom. The molecule has 19 heavy (non-hydrogen) atoms. The van der Waals surface area contributed by atoms with Crippen molar-refractivity contribution < 1.29 is 9.59 Å². The van der Waals surface area contributed by atoms with Crippen LogP contribution >= 0.6 is 11.3 Å². The highest BCUT2D eigenvalue weighted by atomic mass is 32.1. The highest BCUT2D eigenvalue weighted by Crippen LogP contribution is 2.08. The smallest absolute Gasteiger partial charge is 0.311 e. The van der Waals surface area contributed by atoms with Crippen molar-refractivity contribution in [1.82, 2.24) is 15.5 Å². The van der Waals surface area contributed by atoms with Gasteiger partial charge in [0.15, 0.2) is 0 Å². The lowest BCUT2D eigenvalue weighted by Gasteiger charge is -2.19. The molecule has 1 aromatic rings. The van der Waals surface area contributed by atoms with Gasteiger partial charge in [0.2, 0.25) is 0 Å². The van der Waals surface area contributed by atoms with Gasteiger partial charge in [-0.1, -0.05) is 6.07 Å². The molecule has 1 aromatic heterocycles. The second kappa shape index (κ2) is 7.25. The molecule has 0 spiro atoms. The second-order valence-corrected chi connectivity index (χ2v) is 5.51. The Labute approximate surface area is 117 Å². The Hall–Kier alpha value is -1.40. The first-order chi connectivity index (χ1) is 9.27. The molecule has 2 rings (SSSR count). The molecule has 2 heterocycles. The Bertz CT molecular complexity index is 412. The van der Waals surface area contributed by atoms with Gasteiger partial charge in [-0.2, -0.15) is 0 Å². The van der Waals surface area contributed by atoms with E-state index in [9.17, 15) is 9.59 Å². The molecule has 6 heteroatoms. The SMILES string of the molecule is O=C(NCCc1cccs1)C(=O)N1CCCNCC1. The lowest BCUT2D eigenvalue weighted by atomic mass is 10.3. The molecule has 0 aromatic carbocycles. The zero-order valence-electron chi connectivity index (χ0n) is 10.9. The minimum atomic E-state index is -0.488. The van der Waals surface area contributed by atoms with E-state index in [-0.39, 0.29) is 0 Å². The van der Waals surface area contributed by atoms with Crippen molar-refractivity contribution in [1.29, 1.82) is 0 Å². The fourth-order valence-corrected chi connectivity index (χ4v) is 2.73. The second-order valence-electron chi connectivity index (χ2n) is 4.48. The molecule has 2 N–H and O–H groups in total. The van der Waals surface area contributed by atoms with Gasteiger partial charge in [0.25, 0.3) is 0 Å². The average molecular weight is 281 g/mol. The van der Waals surface area contributed by atoms with E-state index in [2.05, 4.69) is 10.6 Å². The van der Waals surface area contributed by atoms with Crippen molar-refractivity contribution in [3.05, 3.63) is 22.4 Å². The van der Waals surface area contributed by atoms with Gasteiger partial charge < -0.3 is 15.5 Å². The van der Waals surface area contributed by atoms with Gasteiger partial charge >= 0.3 is 11.8 Å². The van der Waals surface area contributed by atoms with E-state index in [1.54, 1.807) is 16.2 Å². The molecule has 0 bridgehead atoms. The van der Waals surface area contributed by atoms with E-state index < -0.39 is 11.8 Å². The summed E-state index contributed by atoms with van der Waals surface area (Å²) in [7, 11) is 0. The first-order valence-electron chi connectivity index (χ1n) is 6.57. The number of rotatable bonds is 3. The van der Waals surface area contributed by atoms with E-state index in [0.29, 0.717) is 19.6 Å². The lowest BCUT2D eigenvalue weighted by molar-refractivity contribution is -0.145. The van der Waals surface area contributed by atoms with Crippen molar-refractivity contribution >= 4 is 23.2 Å². The van der Waals surface area contributed by atoms with Crippen LogP contribution in [0.2, 0.25) is 0 Å². The van der Waals surface area contributed by atoms with Gasteiger partial charge in [-0.15, -0.1) is 11.3 Å². The number of hydrogen-bond donors (Lipinski definition) is 2. The highest BCUT2D eigenvalue weighted by Gasteiger charge is 2.21. The van der Waals surface area contributed by atoms with Crippen molar-refractivity contribution in [2.75, 3.05) is 32.7 Å². The van der Waals surface area contributed by atoms with Crippen LogP contribution in [0, 0.1) is 0 Å². The van der Waals surface area contributed by atoms with Gasteiger partial charge in [0.1, 0.15) is 0 Å². The summed E-state index contributed by atoms with van der Waals surface area (Å²) < 4.78 is 0. The third-order valence-corrected chi connectivity index (χ3v) is 3.99. The molecule has 2 amide bonds. The molecule has 1 aliphatic rings. The number of carbonyl (C=O) groups is 2. The molecule has 0 atom stereocenters. The Morgan fingerprint density at radius 2 is 2.26 bits per heavy atom. The number of nitrogens with zero attached hydrogens (tertiary/aromatic N) is 1. The van der Waals surface area contributed by atoms with Gasteiger partial charge in [-0.3, -0.25) is 9.59 Å². The number of nitrogens with one attached hydrogen (secondary N) is 2. The number of thiophene rings is 1. The maximum atomic E-state index is 11.9. The topological polar surface area (TPSA) is 61.4 Å².